The quantitative estimate of drug-likeness (QED) is 0.203. The van der Waals surface area contributed by atoms with Crippen LogP contribution >= 0.6 is 0 Å². The van der Waals surface area contributed by atoms with E-state index in [9.17, 15) is 0 Å². The van der Waals surface area contributed by atoms with Crippen molar-refractivity contribution in [2.24, 2.45) is 0 Å². The first-order valence-electron chi connectivity index (χ1n) is 4.29. The summed E-state index contributed by atoms with van der Waals surface area (Å²) in [7, 11) is -25.4. The first-order valence-corrected chi connectivity index (χ1v) is 12.9. The van der Waals surface area contributed by atoms with Crippen molar-refractivity contribution in [1.82, 2.24) is 0 Å². The van der Waals surface area contributed by atoms with Gasteiger partial charge in [-0.3, -0.25) is 0 Å². The molecular formula is H4Al2Ba2Ca2O23Si7. The smallest absolute Gasteiger partial charge is 0.672 e. The molecule has 0 aliphatic rings. The van der Waals surface area contributed by atoms with Gasteiger partial charge in [0.2, 0.25) is 0 Å². The molecule has 0 unspecified atom stereocenters. The van der Waals surface area contributed by atoms with Gasteiger partial charge in [0, 0.05) is 64.2 Å². The maximum atomic E-state index is 8.52. The molecular weight excluding hydrogens is 973 g/mol. The van der Waals surface area contributed by atoms with E-state index in [-0.39, 0.29) is 219 Å². The Balaban J connectivity index is -0.0000000106. The van der Waals surface area contributed by atoms with E-state index < -0.39 is 64.2 Å². The fourth-order valence-electron chi connectivity index (χ4n) is 0. The van der Waals surface area contributed by atoms with Gasteiger partial charge >= 0.3 is 208 Å². The van der Waals surface area contributed by atoms with Gasteiger partial charge in [0.05, 0.1) is 0 Å². The van der Waals surface area contributed by atoms with E-state index in [1.165, 1.54) is 0 Å². The van der Waals surface area contributed by atoms with Crippen molar-refractivity contribution < 1.29 is 109 Å². The van der Waals surface area contributed by atoms with Crippen molar-refractivity contribution >= 4 is 272 Å². The first kappa shape index (κ1) is 97.4. The van der Waals surface area contributed by atoms with E-state index in [1.54, 1.807) is 0 Å². The Kier molecular flexibility index (Phi) is 244. The van der Waals surface area contributed by atoms with Crippen LogP contribution in [0, 0.1) is 0 Å². The molecule has 184 valence electrons. The van der Waals surface area contributed by atoms with Gasteiger partial charge in [-0.25, -0.2) is 0 Å². The largest absolute Gasteiger partial charge is 3.00 e. The molecule has 0 aromatic rings. The molecule has 4 N–H and O–H groups in total. The second kappa shape index (κ2) is 90.1. The maximum Gasteiger partial charge on any atom is 3.00 e. The van der Waals surface area contributed by atoms with Crippen molar-refractivity contribution in [2.45, 2.75) is 0 Å². The summed E-state index contributed by atoms with van der Waals surface area (Å²) in [5, 5.41) is 0. The van der Waals surface area contributed by atoms with Gasteiger partial charge < -0.3 is 109 Å². The van der Waals surface area contributed by atoms with E-state index in [4.69, 9.17) is 98.4 Å². The SMILES string of the molecule is O.O.O=[Si]([O-])[O-].O=[Si]([O-])[O-].O=[Si]([O-])[O-].O=[Si]([O-])[O-].O=[Si]([O-])[O-].O=[Si]([O-])[O-].O=[Si]([O-])[O-].[Al+3].[Al+3].[Ba+2].[Ba+2].[Ca+2].[Ca+2]. The number of rotatable bonds is 0. The monoisotopic (exact) mass is 977 g/mol. The van der Waals surface area contributed by atoms with Crippen LogP contribution < -0.4 is 67.1 Å². The van der Waals surface area contributed by atoms with Crippen molar-refractivity contribution in [2.75, 3.05) is 0 Å². The molecule has 36 heteroatoms. The standard InChI is InChI=1S/2Al.2Ba.2Ca.7O3Si.2H2O/c;;;;;;7*1-4(2)3;;/h;;;;;;;;;;;;;2*1H2/q2*+3;4*+2;7*-2;;. The van der Waals surface area contributed by atoms with Crippen LogP contribution in [0.25, 0.3) is 0 Å². The Morgan fingerprint density at radius 3 is 0.278 bits per heavy atom. The van der Waals surface area contributed by atoms with Crippen LogP contribution in [0.5, 0.6) is 0 Å². The van der Waals surface area contributed by atoms with Crippen LogP contribution in [0.1, 0.15) is 0 Å². The molecule has 0 atom stereocenters. The fraction of sp³-hybridized carbons (Fsp3) is 0. The minimum absolute atomic E-state index is 0. The van der Waals surface area contributed by atoms with Gasteiger partial charge in [-0.05, 0) is 0 Å². The second-order valence-corrected chi connectivity index (χ2v) is 5.25. The van der Waals surface area contributed by atoms with Crippen LogP contribution in [0.3, 0.4) is 0 Å². The predicted molar refractivity (Wildman–Crippen MR) is 86.8 cm³/mol. The zero-order valence-corrected chi connectivity index (χ0v) is 39.7. The van der Waals surface area contributed by atoms with Gasteiger partial charge in [-0.1, -0.05) is 0 Å². The number of hydrogen-bond donors (Lipinski definition) is 0. The third-order valence-corrected chi connectivity index (χ3v) is 0. The average Bonchev–Trinajstić information content (AvgIpc) is 2.20. The van der Waals surface area contributed by atoms with Crippen molar-refractivity contribution in [3.63, 3.8) is 0 Å². The second-order valence-electron chi connectivity index (χ2n) is 1.75. The third kappa shape index (κ3) is 3300. The topological polar surface area (TPSA) is 505 Å². The molecule has 0 heterocycles. The van der Waals surface area contributed by atoms with Gasteiger partial charge in [-0.2, -0.15) is 0 Å². The summed E-state index contributed by atoms with van der Waals surface area (Å²) < 4.78 is 59.6. The zero-order valence-electron chi connectivity index (χ0n) is 17.1. The van der Waals surface area contributed by atoms with E-state index in [0.717, 1.165) is 0 Å². The van der Waals surface area contributed by atoms with Crippen LogP contribution in [0.4, 0.5) is 0 Å². The number of hydrogen-bond acceptors (Lipinski definition) is 21. The summed E-state index contributed by atoms with van der Waals surface area (Å²) in [4.78, 5) is 119. The minimum Gasteiger partial charge on any atom is -0.672 e. The summed E-state index contributed by atoms with van der Waals surface area (Å²) in [6.45, 7) is 0. The Morgan fingerprint density at radius 1 is 0.278 bits per heavy atom. The van der Waals surface area contributed by atoms with E-state index in [2.05, 4.69) is 0 Å². The Morgan fingerprint density at radius 2 is 0.278 bits per heavy atom. The molecule has 0 fully saturated rings. The van der Waals surface area contributed by atoms with Crippen LogP contribution in [-0.2, 0) is 31.2 Å². The first-order chi connectivity index (χ1) is 12.1. The zero-order chi connectivity index (χ0) is 25.0. The summed E-state index contributed by atoms with van der Waals surface area (Å²) in [6, 6.07) is 0. The molecule has 0 bridgehead atoms. The van der Waals surface area contributed by atoms with Crippen LogP contribution in [-0.4, -0.2) is 283 Å². The molecule has 0 saturated heterocycles. The molecule has 36 heavy (non-hydrogen) atoms. The Labute approximate surface area is 373 Å². The van der Waals surface area contributed by atoms with Gasteiger partial charge in [0.1, 0.15) is 0 Å². The summed E-state index contributed by atoms with van der Waals surface area (Å²) in [6.07, 6.45) is 0. The summed E-state index contributed by atoms with van der Waals surface area (Å²) in [5.41, 5.74) is 0. The third-order valence-electron chi connectivity index (χ3n) is 0. The van der Waals surface area contributed by atoms with Gasteiger partial charge in [0.25, 0.3) is 0 Å². The molecule has 0 aromatic carbocycles. The minimum atomic E-state index is -3.63. The van der Waals surface area contributed by atoms with Crippen molar-refractivity contribution in [3.05, 3.63) is 0 Å². The fourth-order valence-corrected chi connectivity index (χ4v) is 0. The predicted octanol–water partition coefficient (Wildman–Crippen LogP) is -24.1. The summed E-state index contributed by atoms with van der Waals surface area (Å²) >= 11 is 0. The Bertz CT molecular complexity index is 335. The molecule has 0 radical (unpaired) electrons. The molecule has 23 nitrogen and oxygen atoms in total. The van der Waals surface area contributed by atoms with E-state index in [0.29, 0.717) is 0 Å². The molecule has 0 spiro atoms. The van der Waals surface area contributed by atoms with E-state index >= 15 is 0 Å². The molecule has 0 saturated carbocycles. The summed E-state index contributed by atoms with van der Waals surface area (Å²) in [5.74, 6) is 0. The normalized spacial score (nSPS) is 4.67. The molecule has 0 aromatic heterocycles. The van der Waals surface area contributed by atoms with Gasteiger partial charge in [0.15, 0.2) is 0 Å². The molecule has 0 amide bonds. The van der Waals surface area contributed by atoms with Crippen molar-refractivity contribution in [3.8, 4) is 0 Å². The molecule has 0 rings (SSSR count). The van der Waals surface area contributed by atoms with Crippen LogP contribution in [0.2, 0.25) is 0 Å². The van der Waals surface area contributed by atoms with Gasteiger partial charge in [-0.15, -0.1) is 0 Å². The average molecular weight is 977 g/mol. The Hall–Kier alpha value is 3.97. The maximum absolute atomic E-state index is 8.52. The molecule has 0 aliphatic heterocycles. The van der Waals surface area contributed by atoms with Crippen molar-refractivity contribution in [1.29, 1.82) is 0 Å². The molecule has 0 aliphatic carbocycles. The van der Waals surface area contributed by atoms with E-state index in [1.807, 2.05) is 0 Å². The van der Waals surface area contributed by atoms with Crippen LogP contribution in [0.15, 0.2) is 0 Å².